The number of halogens is 3. The topological polar surface area (TPSA) is 74.8 Å². The van der Waals surface area contributed by atoms with Gasteiger partial charge in [-0.25, -0.2) is 16.8 Å². The van der Waals surface area contributed by atoms with E-state index in [1.165, 1.54) is 10.4 Å². The SMILES string of the molecule is Cc1ccc(S(=O)(=O)N2CCN(S(=O)(=O)c3ccc(C(F)(F)F)cc3)CC2)s1. The molecule has 0 spiro atoms. The van der Waals surface area contributed by atoms with E-state index in [-0.39, 0.29) is 35.3 Å². The monoisotopic (exact) mass is 454 g/mol. The maximum absolute atomic E-state index is 12.7. The molecule has 2 aromatic rings. The van der Waals surface area contributed by atoms with Gasteiger partial charge < -0.3 is 0 Å². The molecule has 28 heavy (non-hydrogen) atoms. The van der Waals surface area contributed by atoms with Crippen LogP contribution in [0.2, 0.25) is 0 Å². The number of alkyl halides is 3. The molecule has 0 unspecified atom stereocenters. The van der Waals surface area contributed by atoms with Gasteiger partial charge in [0.2, 0.25) is 10.0 Å². The Morgan fingerprint density at radius 2 is 1.32 bits per heavy atom. The lowest BCUT2D eigenvalue weighted by molar-refractivity contribution is -0.137. The highest BCUT2D eigenvalue weighted by atomic mass is 32.2. The number of sulfonamides is 2. The maximum Gasteiger partial charge on any atom is 0.416 e. The van der Waals surface area contributed by atoms with Crippen LogP contribution in [0.5, 0.6) is 0 Å². The molecule has 12 heteroatoms. The minimum Gasteiger partial charge on any atom is -0.207 e. The number of benzene rings is 1. The lowest BCUT2D eigenvalue weighted by atomic mass is 10.2. The zero-order chi connectivity index (χ0) is 20.7. The van der Waals surface area contributed by atoms with Crippen molar-refractivity contribution < 1.29 is 30.0 Å². The molecule has 1 aliphatic heterocycles. The standard InChI is InChI=1S/C16H17F3N2O4S3/c1-12-2-7-15(26-12)28(24,25)21-10-8-20(9-11-21)27(22,23)14-5-3-13(4-6-14)16(17,18)19/h2-7H,8-11H2,1H3. The molecule has 0 bridgehead atoms. The largest absolute Gasteiger partial charge is 0.416 e. The predicted octanol–water partition coefficient (Wildman–Crippen LogP) is 2.77. The van der Waals surface area contributed by atoms with E-state index in [2.05, 4.69) is 0 Å². The second kappa shape index (κ2) is 7.41. The van der Waals surface area contributed by atoms with Crippen molar-refractivity contribution in [2.75, 3.05) is 26.2 Å². The molecule has 0 atom stereocenters. The molecule has 1 aliphatic rings. The van der Waals surface area contributed by atoms with Crippen molar-refractivity contribution >= 4 is 31.4 Å². The zero-order valence-corrected chi connectivity index (χ0v) is 17.1. The molecule has 1 saturated heterocycles. The summed E-state index contributed by atoms with van der Waals surface area (Å²) in [4.78, 5) is 0.591. The number of aryl methyl sites for hydroxylation is 1. The van der Waals surface area contributed by atoms with Crippen LogP contribution < -0.4 is 0 Å². The van der Waals surface area contributed by atoms with Gasteiger partial charge in [-0.1, -0.05) is 0 Å². The minimum atomic E-state index is -4.55. The fourth-order valence-corrected chi connectivity index (χ4v) is 7.08. The van der Waals surface area contributed by atoms with Gasteiger partial charge >= 0.3 is 6.18 Å². The Labute approximate surface area is 165 Å². The number of rotatable bonds is 4. The van der Waals surface area contributed by atoms with Crippen molar-refractivity contribution in [1.82, 2.24) is 8.61 Å². The fourth-order valence-electron chi connectivity index (χ4n) is 2.79. The average Bonchev–Trinajstić information content (AvgIpc) is 3.08. The number of nitrogens with zero attached hydrogens (tertiary/aromatic N) is 2. The van der Waals surface area contributed by atoms with E-state index >= 15 is 0 Å². The van der Waals surface area contributed by atoms with Crippen molar-refractivity contribution in [1.29, 1.82) is 0 Å². The Hall–Kier alpha value is -1.47. The normalized spacial score (nSPS) is 17.7. The second-order valence-corrected chi connectivity index (χ2v) is 11.6. The highest BCUT2D eigenvalue weighted by Gasteiger charge is 2.35. The van der Waals surface area contributed by atoms with Crippen molar-refractivity contribution in [3.63, 3.8) is 0 Å². The molecule has 1 aromatic heterocycles. The molecule has 1 aromatic carbocycles. The van der Waals surface area contributed by atoms with Crippen LogP contribution in [0.4, 0.5) is 13.2 Å². The summed E-state index contributed by atoms with van der Waals surface area (Å²) in [5.74, 6) is 0. The van der Waals surface area contributed by atoms with E-state index in [1.807, 2.05) is 0 Å². The van der Waals surface area contributed by atoms with E-state index in [0.717, 1.165) is 32.7 Å². The van der Waals surface area contributed by atoms with Gasteiger partial charge in [0.25, 0.3) is 10.0 Å². The van der Waals surface area contributed by atoms with Crippen LogP contribution in [-0.4, -0.2) is 51.6 Å². The van der Waals surface area contributed by atoms with Gasteiger partial charge in [0.15, 0.2) is 0 Å². The molecule has 6 nitrogen and oxygen atoms in total. The first-order chi connectivity index (χ1) is 12.9. The molecule has 0 radical (unpaired) electrons. The average molecular weight is 455 g/mol. The zero-order valence-electron chi connectivity index (χ0n) is 14.7. The van der Waals surface area contributed by atoms with E-state index in [9.17, 15) is 30.0 Å². The molecule has 3 rings (SSSR count). The third kappa shape index (κ3) is 4.10. The molecule has 0 amide bonds. The third-order valence-corrected chi connectivity index (χ3v) is 9.61. The number of thiophene rings is 1. The molecule has 154 valence electrons. The van der Waals surface area contributed by atoms with Crippen LogP contribution in [0.15, 0.2) is 45.5 Å². The van der Waals surface area contributed by atoms with E-state index < -0.39 is 31.8 Å². The summed E-state index contributed by atoms with van der Waals surface area (Å²) in [6.45, 7) is 1.58. The number of hydrogen-bond acceptors (Lipinski definition) is 5. The fraction of sp³-hybridized carbons (Fsp3) is 0.375. The smallest absolute Gasteiger partial charge is 0.207 e. The van der Waals surface area contributed by atoms with Gasteiger partial charge in [0.1, 0.15) is 4.21 Å². The summed E-state index contributed by atoms with van der Waals surface area (Å²) in [7, 11) is -7.70. The maximum atomic E-state index is 12.7. The van der Waals surface area contributed by atoms with Gasteiger partial charge in [-0.3, -0.25) is 0 Å². The van der Waals surface area contributed by atoms with Gasteiger partial charge in [-0.05, 0) is 43.3 Å². The summed E-state index contributed by atoms with van der Waals surface area (Å²) in [5.41, 5.74) is -0.936. The summed E-state index contributed by atoms with van der Waals surface area (Å²) in [5, 5.41) is 0. The van der Waals surface area contributed by atoms with Crippen molar-refractivity contribution in [2.45, 2.75) is 22.2 Å². The lowest BCUT2D eigenvalue weighted by Gasteiger charge is -2.33. The Balaban J connectivity index is 1.73. The van der Waals surface area contributed by atoms with Gasteiger partial charge in [0, 0.05) is 31.1 Å². The Morgan fingerprint density at radius 3 is 1.75 bits per heavy atom. The second-order valence-electron chi connectivity index (χ2n) is 6.20. The summed E-state index contributed by atoms with van der Waals surface area (Å²) in [6, 6.07) is 6.47. The molecular weight excluding hydrogens is 437 g/mol. The van der Waals surface area contributed by atoms with E-state index in [4.69, 9.17) is 0 Å². The number of hydrogen-bond donors (Lipinski definition) is 0. The van der Waals surface area contributed by atoms with Crippen molar-refractivity contribution in [3.05, 3.63) is 46.8 Å². The summed E-state index contributed by atoms with van der Waals surface area (Å²) < 4.78 is 91.0. The third-order valence-electron chi connectivity index (χ3n) is 4.33. The highest BCUT2D eigenvalue weighted by molar-refractivity contribution is 7.91. The molecular formula is C16H17F3N2O4S3. The quantitative estimate of drug-likeness (QED) is 0.712. The first kappa shape index (κ1) is 21.2. The van der Waals surface area contributed by atoms with E-state index in [0.29, 0.717) is 12.1 Å². The van der Waals surface area contributed by atoms with E-state index in [1.54, 1.807) is 13.0 Å². The molecule has 0 N–H and O–H groups in total. The van der Waals surface area contributed by atoms with Gasteiger partial charge in [-0.15, -0.1) is 11.3 Å². The van der Waals surface area contributed by atoms with Crippen LogP contribution in [-0.2, 0) is 26.2 Å². The Kier molecular flexibility index (Phi) is 5.62. The Morgan fingerprint density at radius 1 is 0.821 bits per heavy atom. The Bertz CT molecular complexity index is 1050. The first-order valence-corrected chi connectivity index (χ1v) is 11.9. The van der Waals surface area contributed by atoms with Crippen LogP contribution in [0.1, 0.15) is 10.4 Å². The highest BCUT2D eigenvalue weighted by Crippen LogP contribution is 2.31. The van der Waals surface area contributed by atoms with Crippen LogP contribution in [0.25, 0.3) is 0 Å². The van der Waals surface area contributed by atoms with Gasteiger partial charge in [0.05, 0.1) is 10.5 Å². The predicted molar refractivity (Wildman–Crippen MR) is 98.0 cm³/mol. The van der Waals surface area contributed by atoms with Gasteiger partial charge in [-0.2, -0.15) is 21.8 Å². The minimum absolute atomic E-state index is 0.0286. The summed E-state index contributed by atoms with van der Waals surface area (Å²) in [6.07, 6.45) is -4.55. The van der Waals surface area contributed by atoms with Crippen molar-refractivity contribution in [3.8, 4) is 0 Å². The van der Waals surface area contributed by atoms with Crippen LogP contribution >= 0.6 is 11.3 Å². The van der Waals surface area contributed by atoms with Crippen LogP contribution in [0, 0.1) is 6.92 Å². The number of piperazine rings is 1. The summed E-state index contributed by atoms with van der Waals surface area (Å²) >= 11 is 1.14. The molecule has 2 heterocycles. The lowest BCUT2D eigenvalue weighted by Crippen LogP contribution is -2.50. The molecule has 1 fully saturated rings. The van der Waals surface area contributed by atoms with Crippen molar-refractivity contribution in [2.24, 2.45) is 0 Å². The van der Waals surface area contributed by atoms with Crippen LogP contribution in [0.3, 0.4) is 0 Å². The first-order valence-electron chi connectivity index (χ1n) is 8.16. The molecule has 0 aliphatic carbocycles. The molecule has 0 saturated carbocycles.